The van der Waals surface area contributed by atoms with Gasteiger partial charge in [-0.3, -0.25) is 9.78 Å². The van der Waals surface area contributed by atoms with Crippen molar-refractivity contribution in [3.63, 3.8) is 0 Å². The van der Waals surface area contributed by atoms with Crippen molar-refractivity contribution in [3.05, 3.63) is 65.2 Å². The Hall–Kier alpha value is -3.32. The summed E-state index contributed by atoms with van der Waals surface area (Å²) >= 11 is 1.12. The molecule has 1 saturated heterocycles. The predicted molar refractivity (Wildman–Crippen MR) is 112 cm³/mol. The van der Waals surface area contributed by atoms with Crippen molar-refractivity contribution in [3.8, 4) is 11.5 Å². The van der Waals surface area contributed by atoms with Gasteiger partial charge in [-0.15, -0.1) is 0 Å². The topological polar surface area (TPSA) is 72.8 Å². The summed E-state index contributed by atoms with van der Waals surface area (Å²) < 4.78 is 10.6. The number of nitrogens with one attached hydrogen (secondary N) is 1. The lowest BCUT2D eigenvalue weighted by atomic mass is 10.1. The van der Waals surface area contributed by atoms with Crippen LogP contribution in [0.1, 0.15) is 5.56 Å². The summed E-state index contributed by atoms with van der Waals surface area (Å²) in [6.07, 6.45) is 3.70. The summed E-state index contributed by atoms with van der Waals surface area (Å²) in [5, 5.41) is 3.67. The monoisotopic (exact) mass is 391 g/mol. The molecule has 1 aromatic heterocycles. The Bertz CT molecular complexity index is 1100. The van der Waals surface area contributed by atoms with Crippen molar-refractivity contribution in [1.29, 1.82) is 0 Å². The number of hydrogen-bond acceptors (Lipinski definition) is 6. The first-order valence-electron chi connectivity index (χ1n) is 8.52. The fraction of sp³-hybridized carbons (Fsp3) is 0.0952. The van der Waals surface area contributed by atoms with Gasteiger partial charge in [-0.2, -0.15) is 0 Å². The van der Waals surface area contributed by atoms with E-state index in [0.29, 0.717) is 23.0 Å². The first-order chi connectivity index (χ1) is 13.6. The second-order valence-corrected chi connectivity index (χ2v) is 7.02. The highest BCUT2D eigenvalue weighted by Crippen LogP contribution is 2.32. The van der Waals surface area contributed by atoms with E-state index in [0.717, 1.165) is 33.1 Å². The van der Waals surface area contributed by atoms with Crippen LogP contribution in [0.25, 0.3) is 17.0 Å². The van der Waals surface area contributed by atoms with E-state index >= 15 is 0 Å². The van der Waals surface area contributed by atoms with Crippen molar-refractivity contribution in [2.24, 2.45) is 4.99 Å². The Balaban J connectivity index is 1.72. The van der Waals surface area contributed by atoms with Crippen LogP contribution >= 0.6 is 11.8 Å². The van der Waals surface area contributed by atoms with Crippen LogP contribution in [0.2, 0.25) is 0 Å². The second-order valence-electron chi connectivity index (χ2n) is 6.01. The first-order valence-corrected chi connectivity index (χ1v) is 9.34. The fourth-order valence-corrected chi connectivity index (χ4v) is 3.57. The maximum absolute atomic E-state index is 12.0. The van der Waals surface area contributed by atoms with Gasteiger partial charge in [0.25, 0.3) is 5.24 Å². The minimum atomic E-state index is -0.165. The molecule has 1 aliphatic heterocycles. The number of amidine groups is 1. The number of fused-ring (bicyclic) bond motifs is 1. The zero-order valence-corrected chi connectivity index (χ0v) is 16.1. The molecule has 1 fully saturated rings. The number of pyridine rings is 1. The highest BCUT2D eigenvalue weighted by Gasteiger charge is 2.23. The molecular formula is C21H17N3O3S. The molecule has 28 heavy (non-hydrogen) atoms. The summed E-state index contributed by atoms with van der Waals surface area (Å²) in [6, 6.07) is 15.2. The van der Waals surface area contributed by atoms with Crippen LogP contribution in [0, 0.1) is 0 Å². The normalized spacial score (nSPS) is 16.6. The molecule has 0 radical (unpaired) electrons. The molecular weight excluding hydrogens is 374 g/mol. The number of nitrogens with zero attached hydrogens (tertiary/aromatic N) is 2. The zero-order chi connectivity index (χ0) is 19.5. The number of hydrogen-bond donors (Lipinski definition) is 1. The van der Waals surface area contributed by atoms with Crippen molar-refractivity contribution in [1.82, 2.24) is 10.3 Å². The van der Waals surface area contributed by atoms with Crippen LogP contribution in [0.4, 0.5) is 10.5 Å². The molecule has 0 aliphatic carbocycles. The van der Waals surface area contributed by atoms with E-state index < -0.39 is 0 Å². The minimum Gasteiger partial charge on any atom is -0.497 e. The van der Waals surface area contributed by atoms with Crippen LogP contribution in [0.15, 0.2) is 64.6 Å². The Labute approximate surface area is 166 Å². The second kappa shape index (κ2) is 7.74. The van der Waals surface area contributed by atoms with Gasteiger partial charge in [0, 0.05) is 29.8 Å². The highest BCUT2D eigenvalue weighted by atomic mass is 32.2. The van der Waals surface area contributed by atoms with E-state index in [1.165, 1.54) is 0 Å². The number of aromatic nitrogens is 1. The van der Waals surface area contributed by atoms with Crippen LogP contribution in [-0.4, -0.2) is 30.3 Å². The van der Waals surface area contributed by atoms with Gasteiger partial charge in [0.2, 0.25) is 0 Å². The molecule has 2 aromatic carbocycles. The summed E-state index contributed by atoms with van der Waals surface area (Å²) in [5.41, 5.74) is 2.52. The van der Waals surface area contributed by atoms with E-state index in [9.17, 15) is 4.79 Å². The number of methoxy groups -OCH3 is 2. The van der Waals surface area contributed by atoms with E-state index in [-0.39, 0.29) is 5.24 Å². The largest absolute Gasteiger partial charge is 0.497 e. The van der Waals surface area contributed by atoms with Gasteiger partial charge < -0.3 is 14.8 Å². The zero-order valence-electron chi connectivity index (χ0n) is 15.3. The third-order valence-electron chi connectivity index (χ3n) is 4.16. The molecule has 0 spiro atoms. The summed E-state index contributed by atoms with van der Waals surface area (Å²) in [4.78, 5) is 21.6. The molecule has 7 heteroatoms. The molecule has 2 heterocycles. The lowest BCUT2D eigenvalue weighted by Crippen LogP contribution is -2.18. The molecule has 0 bridgehead atoms. The van der Waals surface area contributed by atoms with Crippen LogP contribution in [-0.2, 0) is 0 Å². The Morgan fingerprint density at radius 3 is 2.61 bits per heavy atom. The van der Waals surface area contributed by atoms with Crippen molar-refractivity contribution < 1.29 is 14.3 Å². The Morgan fingerprint density at radius 2 is 1.86 bits per heavy atom. The number of carbonyl (C=O) groups is 1. The van der Waals surface area contributed by atoms with E-state index in [2.05, 4.69) is 15.3 Å². The van der Waals surface area contributed by atoms with Crippen molar-refractivity contribution in [2.45, 2.75) is 0 Å². The lowest BCUT2D eigenvalue weighted by Gasteiger charge is -2.06. The van der Waals surface area contributed by atoms with Crippen LogP contribution in [0.3, 0.4) is 0 Å². The summed E-state index contributed by atoms with van der Waals surface area (Å²) in [5.74, 6) is 1.75. The van der Waals surface area contributed by atoms with Gasteiger partial charge >= 0.3 is 0 Å². The molecule has 140 valence electrons. The smallest absolute Gasteiger partial charge is 0.289 e. The number of rotatable bonds is 4. The molecule has 0 atom stereocenters. The number of ether oxygens (including phenoxy) is 2. The summed E-state index contributed by atoms with van der Waals surface area (Å²) in [7, 11) is 3.16. The first kappa shape index (κ1) is 18.1. The van der Waals surface area contributed by atoms with Crippen molar-refractivity contribution >= 4 is 45.5 Å². The number of benzene rings is 2. The molecule has 1 N–H and O–H groups in total. The minimum absolute atomic E-state index is 0.165. The van der Waals surface area contributed by atoms with Crippen LogP contribution < -0.4 is 14.8 Å². The Morgan fingerprint density at radius 1 is 1.07 bits per heavy atom. The average molecular weight is 391 g/mol. The maximum Gasteiger partial charge on any atom is 0.289 e. The molecule has 0 unspecified atom stereocenters. The van der Waals surface area contributed by atoms with Gasteiger partial charge in [-0.05, 0) is 41.6 Å². The standard InChI is InChI=1S/C21H17N3O3S/c1-26-16-10-15(11-17(12-16)27-2)23-20-19(28-21(25)24-20)9-13-5-6-18-14(8-13)4-3-7-22-18/h3-12H,1-2H3,(H,23,24,25). The lowest BCUT2D eigenvalue weighted by molar-refractivity contribution is 0.265. The SMILES string of the molecule is COc1cc(N=C2NC(=O)SC2=Cc2ccc3ncccc3c2)cc(OC)c1. The van der Waals surface area contributed by atoms with Gasteiger partial charge in [-0.1, -0.05) is 12.1 Å². The molecule has 4 rings (SSSR count). The van der Waals surface area contributed by atoms with Crippen molar-refractivity contribution in [2.75, 3.05) is 14.2 Å². The number of thioether (sulfide) groups is 1. The molecule has 1 amide bonds. The maximum atomic E-state index is 12.0. The molecule has 0 saturated carbocycles. The fourth-order valence-electron chi connectivity index (χ4n) is 2.83. The van der Waals surface area contributed by atoms with E-state index in [1.54, 1.807) is 38.6 Å². The van der Waals surface area contributed by atoms with Gasteiger partial charge in [-0.25, -0.2) is 4.99 Å². The van der Waals surface area contributed by atoms with Gasteiger partial charge in [0.05, 0.1) is 30.3 Å². The van der Waals surface area contributed by atoms with Crippen LogP contribution in [0.5, 0.6) is 11.5 Å². The summed E-state index contributed by atoms with van der Waals surface area (Å²) in [6.45, 7) is 0. The Kier molecular flexibility index (Phi) is 4.99. The molecule has 6 nitrogen and oxygen atoms in total. The quantitative estimate of drug-likeness (QED) is 0.693. The van der Waals surface area contributed by atoms with E-state index in [1.807, 2.05) is 36.4 Å². The third-order valence-corrected chi connectivity index (χ3v) is 4.98. The van der Waals surface area contributed by atoms with Gasteiger partial charge in [0.1, 0.15) is 17.3 Å². The molecule has 1 aliphatic rings. The van der Waals surface area contributed by atoms with E-state index in [4.69, 9.17) is 9.47 Å². The third kappa shape index (κ3) is 3.84. The molecule has 3 aromatic rings. The highest BCUT2D eigenvalue weighted by molar-refractivity contribution is 8.18. The number of amides is 1. The van der Waals surface area contributed by atoms with Gasteiger partial charge in [0.15, 0.2) is 0 Å². The number of aliphatic imine (C=N–C) groups is 1. The predicted octanol–water partition coefficient (Wildman–Crippen LogP) is 4.78. The average Bonchev–Trinajstić information content (AvgIpc) is 3.06. The number of carbonyl (C=O) groups excluding carboxylic acids is 1.